The maximum atomic E-state index is 9.72. The fourth-order valence-corrected chi connectivity index (χ4v) is 5.64. The molecule has 2 aromatic rings. The van der Waals surface area contributed by atoms with Crippen molar-refractivity contribution >= 4 is 23.5 Å². The highest BCUT2D eigenvalue weighted by Gasteiger charge is 2.40. The van der Waals surface area contributed by atoms with Crippen molar-refractivity contribution in [2.45, 2.75) is 46.6 Å². The van der Waals surface area contributed by atoms with Gasteiger partial charge in [0.2, 0.25) is 0 Å². The number of nitrogens with zero attached hydrogens (tertiary/aromatic N) is 5. The van der Waals surface area contributed by atoms with Crippen molar-refractivity contribution in [1.82, 2.24) is 9.88 Å². The molecule has 0 bridgehead atoms. The lowest BCUT2D eigenvalue weighted by atomic mass is 9.65. The molecular formula is C30H35N5. The molecule has 0 spiro atoms. The van der Waals surface area contributed by atoms with Gasteiger partial charge in [-0.2, -0.15) is 5.26 Å². The van der Waals surface area contributed by atoms with Gasteiger partial charge in [-0.1, -0.05) is 44.7 Å². The van der Waals surface area contributed by atoms with Crippen molar-refractivity contribution < 1.29 is 0 Å². The number of hydrogen-bond donors (Lipinski definition) is 0. The van der Waals surface area contributed by atoms with Gasteiger partial charge >= 0.3 is 0 Å². The van der Waals surface area contributed by atoms with Crippen LogP contribution >= 0.6 is 0 Å². The average molecular weight is 466 g/mol. The number of fused-ring (bicyclic) bond motifs is 2. The first kappa shape index (κ1) is 24.6. The molecule has 3 atom stereocenters. The first-order valence-corrected chi connectivity index (χ1v) is 12.7. The molecule has 0 amide bonds. The van der Waals surface area contributed by atoms with Crippen LogP contribution in [0.3, 0.4) is 0 Å². The Morgan fingerprint density at radius 3 is 2.77 bits per heavy atom. The van der Waals surface area contributed by atoms with Crippen molar-refractivity contribution in [1.29, 1.82) is 5.26 Å². The second-order valence-electron chi connectivity index (χ2n) is 9.46. The standard InChI is InChI=1S/C30H35N5/c1-6-16-35(7-2)30(34-19-22-14-15-33-28-11-9-8-10-25(22)28)26-13-12-24-21(4)20(3)23(18-31)17-27(24)29(26)32-5/h8-11,14-15,17,21,24,27H,3,5-7,12-13,16,19H2,1-2,4H3. The first-order valence-electron chi connectivity index (χ1n) is 12.7. The van der Waals surface area contributed by atoms with Crippen molar-refractivity contribution in [3.63, 3.8) is 0 Å². The number of benzene rings is 1. The van der Waals surface area contributed by atoms with Crippen LogP contribution in [0.15, 0.2) is 81.6 Å². The zero-order valence-corrected chi connectivity index (χ0v) is 21.2. The third-order valence-corrected chi connectivity index (χ3v) is 7.57. The number of pyridine rings is 1. The monoisotopic (exact) mass is 465 g/mol. The van der Waals surface area contributed by atoms with E-state index in [1.165, 1.54) is 5.57 Å². The molecule has 0 fully saturated rings. The van der Waals surface area contributed by atoms with E-state index in [0.29, 0.717) is 18.0 Å². The minimum absolute atomic E-state index is 0.0682. The van der Waals surface area contributed by atoms with Gasteiger partial charge in [-0.15, -0.1) is 0 Å². The van der Waals surface area contributed by atoms with Crippen LogP contribution in [0.1, 0.15) is 45.6 Å². The third kappa shape index (κ3) is 4.71. The molecule has 1 aromatic heterocycles. The van der Waals surface area contributed by atoms with Gasteiger partial charge in [0, 0.05) is 36.2 Å². The SMILES string of the molecule is C=NC1=C(C(=NCc2ccnc3ccccc23)N(CC)CCC)CCC2C(C)C(=C)C(C#N)=CC12. The largest absolute Gasteiger partial charge is 0.357 e. The summed E-state index contributed by atoms with van der Waals surface area (Å²) >= 11 is 0. The summed E-state index contributed by atoms with van der Waals surface area (Å²) < 4.78 is 0. The molecule has 5 nitrogen and oxygen atoms in total. The van der Waals surface area contributed by atoms with Crippen molar-refractivity contribution in [2.75, 3.05) is 13.1 Å². The van der Waals surface area contributed by atoms with Crippen LogP contribution < -0.4 is 0 Å². The molecule has 180 valence electrons. The summed E-state index contributed by atoms with van der Waals surface area (Å²) in [7, 11) is 0. The fourth-order valence-electron chi connectivity index (χ4n) is 5.64. The van der Waals surface area contributed by atoms with Crippen molar-refractivity contribution in [2.24, 2.45) is 27.7 Å². The number of hydrogen-bond acceptors (Lipinski definition) is 4. The molecule has 3 unspecified atom stereocenters. The Kier molecular flexibility index (Phi) is 7.60. The lowest BCUT2D eigenvalue weighted by Crippen LogP contribution is -2.38. The highest BCUT2D eigenvalue weighted by molar-refractivity contribution is 5.99. The lowest BCUT2D eigenvalue weighted by Gasteiger charge is -2.41. The third-order valence-electron chi connectivity index (χ3n) is 7.57. The number of nitriles is 1. The Balaban J connectivity index is 1.82. The molecule has 2 aliphatic carbocycles. The van der Waals surface area contributed by atoms with Gasteiger partial charge in [-0.3, -0.25) is 15.0 Å². The first-order chi connectivity index (χ1) is 17.0. The summed E-state index contributed by atoms with van der Waals surface area (Å²) in [6.07, 6.45) is 6.90. The van der Waals surface area contributed by atoms with E-state index >= 15 is 0 Å². The highest BCUT2D eigenvalue weighted by Crippen LogP contribution is 2.47. The molecule has 1 aromatic carbocycles. The molecule has 0 aliphatic heterocycles. The molecule has 0 saturated heterocycles. The number of aliphatic imine (C=N–C) groups is 2. The van der Waals surface area contributed by atoms with Crippen LogP contribution in [-0.4, -0.2) is 35.5 Å². The maximum Gasteiger partial charge on any atom is 0.128 e. The van der Waals surface area contributed by atoms with E-state index in [1.807, 2.05) is 24.4 Å². The van der Waals surface area contributed by atoms with Crippen LogP contribution in [0, 0.1) is 29.1 Å². The molecule has 5 heteroatoms. The summed E-state index contributed by atoms with van der Waals surface area (Å²) in [6, 6.07) is 12.6. The Bertz CT molecular complexity index is 1250. The Morgan fingerprint density at radius 2 is 2.06 bits per heavy atom. The van der Waals surface area contributed by atoms with E-state index in [-0.39, 0.29) is 11.8 Å². The van der Waals surface area contributed by atoms with Crippen LogP contribution in [-0.2, 0) is 6.54 Å². The molecule has 1 heterocycles. The highest BCUT2D eigenvalue weighted by atomic mass is 15.2. The van der Waals surface area contributed by atoms with Crippen molar-refractivity contribution in [3.8, 4) is 6.07 Å². The minimum atomic E-state index is 0.0682. The molecule has 0 N–H and O–H groups in total. The molecule has 2 aliphatic rings. The molecule has 0 radical (unpaired) electrons. The van der Waals surface area contributed by atoms with E-state index in [1.54, 1.807) is 0 Å². The Morgan fingerprint density at radius 1 is 1.26 bits per heavy atom. The zero-order valence-electron chi connectivity index (χ0n) is 21.2. The molecule has 4 rings (SSSR count). The fraction of sp³-hybridized carbons (Fsp3) is 0.400. The van der Waals surface area contributed by atoms with Gasteiger partial charge in [0.15, 0.2) is 0 Å². The molecule has 0 saturated carbocycles. The van der Waals surface area contributed by atoms with Crippen LogP contribution in [0.4, 0.5) is 0 Å². The number of rotatable bonds is 7. The smallest absolute Gasteiger partial charge is 0.128 e. The number of para-hydroxylation sites is 1. The van der Waals surface area contributed by atoms with E-state index < -0.39 is 0 Å². The number of amidine groups is 1. The maximum absolute atomic E-state index is 9.72. The van der Waals surface area contributed by atoms with E-state index in [0.717, 1.165) is 65.9 Å². The van der Waals surface area contributed by atoms with Crippen LogP contribution in [0.25, 0.3) is 10.9 Å². The predicted octanol–water partition coefficient (Wildman–Crippen LogP) is 6.50. The van der Waals surface area contributed by atoms with Crippen LogP contribution in [0.5, 0.6) is 0 Å². The summed E-state index contributed by atoms with van der Waals surface area (Å²) in [4.78, 5) is 16.7. The minimum Gasteiger partial charge on any atom is -0.357 e. The molecular weight excluding hydrogens is 430 g/mol. The van der Waals surface area contributed by atoms with Gasteiger partial charge in [-0.05, 0) is 68.0 Å². The van der Waals surface area contributed by atoms with Gasteiger partial charge in [0.1, 0.15) is 5.84 Å². The Labute approximate surface area is 209 Å². The second-order valence-corrected chi connectivity index (χ2v) is 9.46. The zero-order chi connectivity index (χ0) is 24.9. The number of allylic oxidation sites excluding steroid dienone is 3. The summed E-state index contributed by atoms with van der Waals surface area (Å²) in [5.41, 5.74) is 5.92. The average Bonchev–Trinajstić information content (AvgIpc) is 2.89. The van der Waals surface area contributed by atoms with Gasteiger partial charge < -0.3 is 4.90 Å². The normalized spacial score (nSPS) is 22.5. The number of likely N-dealkylation sites (N-methyl/N-ethyl adjacent to an activating group) is 1. The van der Waals surface area contributed by atoms with Crippen LogP contribution in [0.2, 0.25) is 0 Å². The lowest BCUT2D eigenvalue weighted by molar-refractivity contribution is 0.292. The van der Waals surface area contributed by atoms with Crippen molar-refractivity contribution in [3.05, 3.63) is 77.2 Å². The quantitative estimate of drug-likeness (QED) is 0.346. The van der Waals surface area contributed by atoms with Gasteiger partial charge in [0.25, 0.3) is 0 Å². The second kappa shape index (κ2) is 10.8. The van der Waals surface area contributed by atoms with E-state index in [9.17, 15) is 5.26 Å². The van der Waals surface area contributed by atoms with Gasteiger partial charge in [0.05, 0.1) is 29.4 Å². The van der Waals surface area contributed by atoms with Gasteiger partial charge in [-0.25, -0.2) is 0 Å². The number of aromatic nitrogens is 1. The summed E-state index contributed by atoms with van der Waals surface area (Å²) in [6.45, 7) is 17.1. The topological polar surface area (TPSA) is 64.6 Å². The summed E-state index contributed by atoms with van der Waals surface area (Å²) in [5, 5.41) is 10.9. The predicted molar refractivity (Wildman–Crippen MR) is 145 cm³/mol. The Hall–Kier alpha value is -3.52. The van der Waals surface area contributed by atoms with E-state index in [2.05, 4.69) is 73.2 Å². The van der Waals surface area contributed by atoms with E-state index in [4.69, 9.17) is 4.99 Å². The molecule has 35 heavy (non-hydrogen) atoms. The summed E-state index contributed by atoms with van der Waals surface area (Å²) in [5.74, 6) is 1.72.